The SMILES string of the molecule is O=C(NCC(F)(F)F)c1ccc(S(=O)(=O)Nc2ccccc2O)cc1. The van der Waals surface area contributed by atoms with E-state index >= 15 is 0 Å². The molecule has 134 valence electrons. The molecule has 0 spiro atoms. The summed E-state index contributed by atoms with van der Waals surface area (Å²) >= 11 is 0. The van der Waals surface area contributed by atoms with Crippen LogP contribution < -0.4 is 10.0 Å². The average Bonchev–Trinajstić information content (AvgIpc) is 2.54. The number of phenols is 1. The predicted molar refractivity (Wildman–Crippen MR) is 83.7 cm³/mol. The molecule has 0 atom stereocenters. The van der Waals surface area contributed by atoms with E-state index in [4.69, 9.17) is 0 Å². The number of carbonyl (C=O) groups is 1. The predicted octanol–water partition coefficient (Wildman–Crippen LogP) is 2.49. The third-order valence-electron chi connectivity index (χ3n) is 3.02. The molecule has 0 saturated heterocycles. The van der Waals surface area contributed by atoms with Crippen LogP contribution in [0.4, 0.5) is 18.9 Å². The molecule has 2 aromatic carbocycles. The summed E-state index contributed by atoms with van der Waals surface area (Å²) in [6, 6.07) is 10.0. The Morgan fingerprint density at radius 2 is 1.64 bits per heavy atom. The lowest BCUT2D eigenvalue weighted by molar-refractivity contribution is -0.123. The number of alkyl halides is 3. The van der Waals surface area contributed by atoms with Gasteiger partial charge in [0.05, 0.1) is 10.6 Å². The van der Waals surface area contributed by atoms with Gasteiger partial charge in [-0.15, -0.1) is 0 Å². The Balaban J connectivity index is 2.13. The first-order chi connectivity index (χ1) is 11.6. The number of amides is 1. The maximum atomic E-state index is 12.2. The highest BCUT2D eigenvalue weighted by Crippen LogP contribution is 2.25. The second-order valence-corrected chi connectivity index (χ2v) is 6.63. The minimum absolute atomic E-state index is 0.0329. The van der Waals surface area contributed by atoms with Crippen LogP contribution in [0.5, 0.6) is 5.75 Å². The number of rotatable bonds is 5. The van der Waals surface area contributed by atoms with Crippen LogP contribution >= 0.6 is 0 Å². The van der Waals surface area contributed by atoms with Gasteiger partial charge < -0.3 is 10.4 Å². The molecule has 0 aromatic heterocycles. The van der Waals surface area contributed by atoms with Crippen molar-refractivity contribution in [1.29, 1.82) is 0 Å². The van der Waals surface area contributed by atoms with Gasteiger partial charge in [0.1, 0.15) is 12.3 Å². The molecule has 2 rings (SSSR count). The molecule has 0 fully saturated rings. The maximum absolute atomic E-state index is 12.2. The van der Waals surface area contributed by atoms with E-state index in [-0.39, 0.29) is 21.9 Å². The van der Waals surface area contributed by atoms with Crippen LogP contribution in [-0.2, 0) is 10.0 Å². The van der Waals surface area contributed by atoms with Gasteiger partial charge in [0, 0.05) is 5.56 Å². The average molecular weight is 374 g/mol. The van der Waals surface area contributed by atoms with Crippen molar-refractivity contribution in [1.82, 2.24) is 5.32 Å². The first-order valence-corrected chi connectivity index (χ1v) is 8.33. The van der Waals surface area contributed by atoms with Gasteiger partial charge in [0.2, 0.25) is 0 Å². The topological polar surface area (TPSA) is 95.5 Å². The summed E-state index contributed by atoms with van der Waals surface area (Å²) in [6.45, 7) is -1.49. The molecule has 6 nitrogen and oxygen atoms in total. The fraction of sp³-hybridized carbons (Fsp3) is 0.133. The van der Waals surface area contributed by atoms with E-state index in [9.17, 15) is 31.5 Å². The first kappa shape index (κ1) is 18.6. The van der Waals surface area contributed by atoms with Crippen LogP contribution in [-0.4, -0.2) is 32.2 Å². The number of carbonyl (C=O) groups excluding carboxylic acids is 1. The maximum Gasteiger partial charge on any atom is 0.405 e. The quantitative estimate of drug-likeness (QED) is 0.701. The molecule has 1 amide bonds. The fourth-order valence-electron chi connectivity index (χ4n) is 1.83. The van der Waals surface area contributed by atoms with Crippen molar-refractivity contribution in [2.75, 3.05) is 11.3 Å². The highest BCUT2D eigenvalue weighted by atomic mass is 32.2. The molecule has 3 N–H and O–H groups in total. The molecule has 0 aliphatic rings. The Kier molecular flexibility index (Phi) is 5.21. The zero-order chi connectivity index (χ0) is 18.7. The van der Waals surface area contributed by atoms with Crippen molar-refractivity contribution in [2.24, 2.45) is 0 Å². The summed E-state index contributed by atoms with van der Waals surface area (Å²) in [5.74, 6) is -1.25. The molecule has 0 aliphatic heterocycles. The molecular formula is C15H13F3N2O4S. The van der Waals surface area contributed by atoms with Crippen molar-refractivity contribution in [3.8, 4) is 5.75 Å². The van der Waals surface area contributed by atoms with Gasteiger partial charge in [-0.25, -0.2) is 8.42 Å². The van der Waals surface area contributed by atoms with Gasteiger partial charge in [-0.05, 0) is 36.4 Å². The molecule has 10 heteroatoms. The molecule has 0 saturated carbocycles. The van der Waals surface area contributed by atoms with E-state index < -0.39 is 28.7 Å². The number of hydrogen-bond acceptors (Lipinski definition) is 4. The molecule has 2 aromatic rings. The van der Waals surface area contributed by atoms with E-state index in [1.54, 1.807) is 5.32 Å². The van der Waals surface area contributed by atoms with Crippen LogP contribution in [0.25, 0.3) is 0 Å². The van der Waals surface area contributed by atoms with Gasteiger partial charge in [-0.2, -0.15) is 13.2 Å². The summed E-state index contributed by atoms with van der Waals surface area (Å²) in [4.78, 5) is 11.4. The fourth-order valence-corrected chi connectivity index (χ4v) is 2.91. The van der Waals surface area contributed by atoms with E-state index in [2.05, 4.69) is 4.72 Å². The second-order valence-electron chi connectivity index (χ2n) is 4.94. The van der Waals surface area contributed by atoms with E-state index in [0.717, 1.165) is 24.3 Å². The van der Waals surface area contributed by atoms with Crippen molar-refractivity contribution in [3.05, 3.63) is 54.1 Å². The smallest absolute Gasteiger partial charge is 0.405 e. The third kappa shape index (κ3) is 5.11. The minimum Gasteiger partial charge on any atom is -0.506 e. The summed E-state index contributed by atoms with van der Waals surface area (Å²) in [5, 5.41) is 11.3. The highest BCUT2D eigenvalue weighted by Gasteiger charge is 2.28. The van der Waals surface area contributed by atoms with Crippen LogP contribution in [0.2, 0.25) is 0 Å². The number of benzene rings is 2. The van der Waals surface area contributed by atoms with E-state index in [1.165, 1.54) is 24.3 Å². The number of para-hydroxylation sites is 2. The van der Waals surface area contributed by atoms with Gasteiger partial charge in [0.25, 0.3) is 15.9 Å². The van der Waals surface area contributed by atoms with E-state index in [1.807, 2.05) is 0 Å². The highest BCUT2D eigenvalue weighted by molar-refractivity contribution is 7.92. The number of halogens is 3. The van der Waals surface area contributed by atoms with Crippen molar-refractivity contribution in [2.45, 2.75) is 11.1 Å². The van der Waals surface area contributed by atoms with Crippen LogP contribution in [0.1, 0.15) is 10.4 Å². The Labute approximate surface area is 141 Å². The molecule has 0 radical (unpaired) electrons. The summed E-state index contributed by atoms with van der Waals surface area (Å²) in [7, 11) is -4.04. The standard InChI is InChI=1S/C15H13F3N2O4S/c16-15(17,18)9-19-14(22)10-5-7-11(8-6-10)25(23,24)20-12-3-1-2-4-13(12)21/h1-8,20-21H,9H2,(H,19,22). The van der Waals surface area contributed by atoms with Crippen LogP contribution in [0, 0.1) is 0 Å². The Morgan fingerprint density at radius 3 is 2.20 bits per heavy atom. The summed E-state index contributed by atoms with van der Waals surface area (Å²) in [5.41, 5.74) is -0.153. The number of hydrogen-bond donors (Lipinski definition) is 3. The number of phenolic OH excluding ortho intramolecular Hbond substituents is 1. The lowest BCUT2D eigenvalue weighted by atomic mass is 10.2. The number of anilines is 1. The largest absolute Gasteiger partial charge is 0.506 e. The summed E-state index contributed by atoms with van der Waals surface area (Å²) in [6.07, 6.45) is -4.54. The Morgan fingerprint density at radius 1 is 1.04 bits per heavy atom. The lowest BCUT2D eigenvalue weighted by Crippen LogP contribution is -2.33. The van der Waals surface area contributed by atoms with Gasteiger partial charge in [-0.1, -0.05) is 12.1 Å². The second kappa shape index (κ2) is 7.01. The zero-order valence-corrected chi connectivity index (χ0v) is 13.4. The van der Waals surface area contributed by atoms with Crippen molar-refractivity contribution in [3.63, 3.8) is 0 Å². The van der Waals surface area contributed by atoms with Gasteiger partial charge >= 0.3 is 6.18 Å². The first-order valence-electron chi connectivity index (χ1n) is 6.84. The number of nitrogens with one attached hydrogen (secondary N) is 2. The van der Waals surface area contributed by atoms with Gasteiger partial charge in [0.15, 0.2) is 0 Å². The minimum atomic E-state index is -4.54. The van der Waals surface area contributed by atoms with E-state index in [0.29, 0.717) is 0 Å². The Hall–Kier alpha value is -2.75. The van der Waals surface area contributed by atoms with Crippen molar-refractivity contribution < 1.29 is 31.5 Å². The molecule has 25 heavy (non-hydrogen) atoms. The molecule has 0 unspecified atom stereocenters. The number of aromatic hydroxyl groups is 1. The van der Waals surface area contributed by atoms with Crippen LogP contribution in [0.15, 0.2) is 53.4 Å². The van der Waals surface area contributed by atoms with Crippen LogP contribution in [0.3, 0.4) is 0 Å². The normalized spacial score (nSPS) is 11.8. The molecule has 0 heterocycles. The summed E-state index contributed by atoms with van der Waals surface area (Å²) < 4.78 is 62.8. The van der Waals surface area contributed by atoms with Gasteiger partial charge in [-0.3, -0.25) is 9.52 Å². The molecular weight excluding hydrogens is 361 g/mol. The van der Waals surface area contributed by atoms with Crippen molar-refractivity contribution >= 4 is 21.6 Å². The monoisotopic (exact) mass is 374 g/mol. The Bertz CT molecular complexity index is 865. The number of sulfonamides is 1. The zero-order valence-electron chi connectivity index (χ0n) is 12.5. The third-order valence-corrected chi connectivity index (χ3v) is 4.41. The lowest BCUT2D eigenvalue weighted by Gasteiger charge is -2.11. The molecule has 0 aliphatic carbocycles. The molecule has 0 bridgehead atoms.